The lowest BCUT2D eigenvalue weighted by Crippen LogP contribution is -2.23. The molecular weight excluding hydrogens is 400 g/mol. The molecule has 3 N–H and O–H groups in total. The molecule has 0 saturated heterocycles. The van der Waals surface area contributed by atoms with E-state index in [1.807, 2.05) is 50.2 Å². The molecule has 3 aromatic rings. The molecule has 0 fully saturated rings. The van der Waals surface area contributed by atoms with Gasteiger partial charge in [0.25, 0.3) is 0 Å². The molecule has 0 heterocycles. The summed E-state index contributed by atoms with van der Waals surface area (Å²) in [6.07, 6.45) is 1.36. The highest BCUT2D eigenvalue weighted by Gasteiger charge is 2.25. The number of aliphatic hydroxyl groups is 3. The Morgan fingerprint density at radius 1 is 0.812 bits per heavy atom. The van der Waals surface area contributed by atoms with Crippen molar-refractivity contribution in [3.05, 3.63) is 88.0 Å². The summed E-state index contributed by atoms with van der Waals surface area (Å²) in [6.45, 7) is 8.33. The van der Waals surface area contributed by atoms with E-state index in [1.165, 1.54) is 0 Å². The zero-order valence-electron chi connectivity index (χ0n) is 19.5. The highest BCUT2D eigenvalue weighted by Crippen LogP contribution is 2.36. The summed E-state index contributed by atoms with van der Waals surface area (Å²) in [4.78, 5) is 0. The summed E-state index contributed by atoms with van der Waals surface area (Å²) in [5.41, 5.74) is 6.96. The fourth-order valence-corrected chi connectivity index (χ4v) is 4.21. The quantitative estimate of drug-likeness (QED) is 0.413. The summed E-state index contributed by atoms with van der Waals surface area (Å²) in [5.74, 6) is 0.807. The predicted molar refractivity (Wildman–Crippen MR) is 128 cm³/mol. The fraction of sp³-hybridized carbons (Fsp3) is 0.357. The third-order valence-electron chi connectivity index (χ3n) is 6.51. The van der Waals surface area contributed by atoms with Crippen LogP contribution in [0, 0.1) is 13.8 Å². The maximum atomic E-state index is 10.9. The summed E-state index contributed by atoms with van der Waals surface area (Å²) in [6, 6.07) is 17.9. The summed E-state index contributed by atoms with van der Waals surface area (Å²) < 4.78 is 6.13. The number of rotatable bonds is 9. The molecule has 3 aromatic carbocycles. The molecule has 3 rings (SSSR count). The van der Waals surface area contributed by atoms with Gasteiger partial charge in [-0.1, -0.05) is 56.3 Å². The number of aliphatic hydroxyl groups excluding tert-OH is 2. The van der Waals surface area contributed by atoms with E-state index in [0.29, 0.717) is 25.0 Å². The van der Waals surface area contributed by atoms with Crippen LogP contribution in [0.2, 0.25) is 0 Å². The van der Waals surface area contributed by atoms with Gasteiger partial charge < -0.3 is 20.1 Å². The van der Waals surface area contributed by atoms with Crippen molar-refractivity contribution in [1.82, 2.24) is 0 Å². The molecule has 0 saturated carbocycles. The van der Waals surface area contributed by atoms with Crippen LogP contribution in [0.3, 0.4) is 0 Å². The van der Waals surface area contributed by atoms with Crippen molar-refractivity contribution in [2.75, 3.05) is 0 Å². The van der Waals surface area contributed by atoms with Gasteiger partial charge in [-0.3, -0.25) is 0 Å². The van der Waals surface area contributed by atoms with Crippen LogP contribution in [0.25, 0.3) is 11.1 Å². The first-order chi connectivity index (χ1) is 15.4. The first kappa shape index (κ1) is 24.0. The second-order valence-electron chi connectivity index (χ2n) is 8.41. The molecule has 0 unspecified atom stereocenters. The average Bonchev–Trinajstić information content (AvgIpc) is 2.82. The Labute approximate surface area is 191 Å². The van der Waals surface area contributed by atoms with E-state index in [9.17, 15) is 15.3 Å². The van der Waals surface area contributed by atoms with E-state index >= 15 is 0 Å². The van der Waals surface area contributed by atoms with Gasteiger partial charge in [-0.05, 0) is 83.3 Å². The van der Waals surface area contributed by atoms with E-state index in [4.69, 9.17) is 4.74 Å². The Kier molecular flexibility index (Phi) is 7.73. The number of hydrogen-bond donors (Lipinski definition) is 3. The van der Waals surface area contributed by atoms with Crippen molar-refractivity contribution in [2.45, 2.75) is 66.0 Å². The van der Waals surface area contributed by atoms with Crippen LogP contribution in [-0.2, 0) is 25.4 Å². The summed E-state index contributed by atoms with van der Waals surface area (Å²) >= 11 is 0. The number of aryl methyl sites for hydroxylation is 1. The minimum Gasteiger partial charge on any atom is -0.489 e. The Morgan fingerprint density at radius 2 is 1.53 bits per heavy atom. The van der Waals surface area contributed by atoms with Crippen LogP contribution >= 0.6 is 0 Å². The summed E-state index contributed by atoms with van der Waals surface area (Å²) in [7, 11) is 0. The molecule has 0 aliphatic rings. The minimum absolute atomic E-state index is 0.0930. The number of benzene rings is 3. The molecule has 4 heteroatoms. The molecule has 0 aromatic heterocycles. The Bertz CT molecular complexity index is 1070. The van der Waals surface area contributed by atoms with Crippen LogP contribution in [0.1, 0.15) is 60.1 Å². The van der Waals surface area contributed by atoms with Gasteiger partial charge in [0.1, 0.15) is 12.4 Å². The summed E-state index contributed by atoms with van der Waals surface area (Å²) in [5, 5.41) is 29.8. The largest absolute Gasteiger partial charge is 0.489 e. The highest BCUT2D eigenvalue weighted by atomic mass is 16.5. The zero-order chi connectivity index (χ0) is 23.3. The lowest BCUT2D eigenvalue weighted by molar-refractivity contribution is 0.0283. The Hall–Kier alpha value is -2.66. The SMILES string of the molecule is CCC(O)(CC)c1ccc(-c2cccc(OCc3ccc(CO)c(CO)c3)c2C)c(C)c1. The van der Waals surface area contributed by atoms with Crippen molar-refractivity contribution in [1.29, 1.82) is 0 Å². The van der Waals surface area contributed by atoms with Gasteiger partial charge in [0, 0.05) is 0 Å². The minimum atomic E-state index is -0.789. The lowest BCUT2D eigenvalue weighted by atomic mass is 9.85. The molecule has 0 atom stereocenters. The van der Waals surface area contributed by atoms with Gasteiger partial charge >= 0.3 is 0 Å². The number of ether oxygens (including phenoxy) is 1. The second-order valence-corrected chi connectivity index (χ2v) is 8.41. The van der Waals surface area contributed by atoms with Crippen molar-refractivity contribution >= 4 is 0 Å². The van der Waals surface area contributed by atoms with Gasteiger partial charge in [0.05, 0.1) is 18.8 Å². The predicted octanol–water partition coefficient (Wildman–Crippen LogP) is 5.54. The standard InChI is InChI=1S/C28H34O4/c1-5-28(31,6-2)24-12-13-25(19(3)14-24)26-8-7-9-27(20(26)4)32-18-21-10-11-22(16-29)23(15-21)17-30/h7-15,29-31H,5-6,16-18H2,1-4H3. The first-order valence-corrected chi connectivity index (χ1v) is 11.3. The Morgan fingerprint density at radius 3 is 2.16 bits per heavy atom. The molecule has 0 bridgehead atoms. The van der Waals surface area contributed by atoms with E-state index in [-0.39, 0.29) is 13.2 Å². The zero-order valence-corrected chi connectivity index (χ0v) is 19.5. The van der Waals surface area contributed by atoms with Gasteiger partial charge in [-0.15, -0.1) is 0 Å². The normalized spacial score (nSPS) is 11.6. The molecule has 0 spiro atoms. The maximum Gasteiger partial charge on any atom is 0.123 e. The van der Waals surface area contributed by atoms with Gasteiger partial charge in [-0.2, -0.15) is 0 Å². The van der Waals surface area contributed by atoms with Crippen LogP contribution in [0.5, 0.6) is 5.75 Å². The lowest BCUT2D eigenvalue weighted by Gasteiger charge is -2.27. The van der Waals surface area contributed by atoms with Crippen molar-refractivity contribution in [2.24, 2.45) is 0 Å². The van der Waals surface area contributed by atoms with Crippen LogP contribution < -0.4 is 4.74 Å². The van der Waals surface area contributed by atoms with Gasteiger partial charge in [0.15, 0.2) is 0 Å². The highest BCUT2D eigenvalue weighted by molar-refractivity contribution is 5.73. The Balaban J connectivity index is 1.86. The van der Waals surface area contributed by atoms with Crippen molar-refractivity contribution in [3.63, 3.8) is 0 Å². The smallest absolute Gasteiger partial charge is 0.123 e. The topological polar surface area (TPSA) is 69.9 Å². The molecule has 4 nitrogen and oxygen atoms in total. The van der Waals surface area contributed by atoms with Gasteiger partial charge in [-0.25, -0.2) is 0 Å². The fourth-order valence-electron chi connectivity index (χ4n) is 4.21. The second kappa shape index (κ2) is 10.3. The first-order valence-electron chi connectivity index (χ1n) is 11.3. The van der Waals surface area contributed by atoms with E-state index in [2.05, 4.69) is 32.0 Å². The number of hydrogen-bond acceptors (Lipinski definition) is 4. The van der Waals surface area contributed by atoms with Gasteiger partial charge in [0.2, 0.25) is 0 Å². The monoisotopic (exact) mass is 434 g/mol. The third kappa shape index (κ3) is 4.88. The molecule has 0 aliphatic heterocycles. The molecule has 32 heavy (non-hydrogen) atoms. The third-order valence-corrected chi connectivity index (χ3v) is 6.51. The van der Waals surface area contributed by atoms with Crippen molar-refractivity contribution in [3.8, 4) is 16.9 Å². The van der Waals surface area contributed by atoms with Crippen molar-refractivity contribution < 1.29 is 20.1 Å². The van der Waals surface area contributed by atoms with E-state index < -0.39 is 5.60 Å². The van der Waals surface area contributed by atoms with Crippen LogP contribution in [0.15, 0.2) is 54.6 Å². The molecule has 0 aliphatic carbocycles. The average molecular weight is 435 g/mol. The van der Waals surface area contributed by atoms with Crippen LogP contribution in [0.4, 0.5) is 0 Å². The van der Waals surface area contributed by atoms with E-state index in [0.717, 1.165) is 44.7 Å². The van der Waals surface area contributed by atoms with E-state index in [1.54, 1.807) is 0 Å². The molecule has 170 valence electrons. The maximum absolute atomic E-state index is 10.9. The van der Waals surface area contributed by atoms with Crippen LogP contribution in [-0.4, -0.2) is 15.3 Å². The molecular formula is C28H34O4. The molecule has 0 radical (unpaired) electrons. The molecule has 0 amide bonds.